The van der Waals surface area contributed by atoms with Gasteiger partial charge in [-0.2, -0.15) is 0 Å². The van der Waals surface area contributed by atoms with Crippen molar-refractivity contribution < 1.29 is 14.3 Å². The van der Waals surface area contributed by atoms with Crippen LogP contribution in [0.3, 0.4) is 0 Å². The fourth-order valence-electron chi connectivity index (χ4n) is 4.58. The second-order valence-corrected chi connectivity index (χ2v) is 9.87. The van der Waals surface area contributed by atoms with E-state index >= 15 is 0 Å². The highest BCUT2D eigenvalue weighted by atomic mass is 32.1. The Morgan fingerprint density at radius 3 is 2.66 bits per heavy atom. The van der Waals surface area contributed by atoms with E-state index in [0.29, 0.717) is 12.5 Å². The Morgan fingerprint density at radius 1 is 1.17 bits per heavy atom. The van der Waals surface area contributed by atoms with Crippen molar-refractivity contribution in [1.29, 1.82) is 0 Å². The van der Waals surface area contributed by atoms with Crippen LogP contribution in [0.25, 0.3) is 17.0 Å². The van der Waals surface area contributed by atoms with Crippen LogP contribution in [0, 0.1) is 6.92 Å². The summed E-state index contributed by atoms with van der Waals surface area (Å²) in [4.78, 5) is 22.5. The average molecular weight is 488 g/mol. The molecule has 0 aliphatic carbocycles. The summed E-state index contributed by atoms with van der Waals surface area (Å²) in [6.45, 7) is 3.96. The number of hydrogen-bond donors (Lipinski definition) is 1. The third-order valence-electron chi connectivity index (χ3n) is 6.52. The number of ether oxygens (including phenoxy) is 2. The van der Waals surface area contributed by atoms with E-state index in [2.05, 4.69) is 28.3 Å². The summed E-state index contributed by atoms with van der Waals surface area (Å²) in [6, 6.07) is 13.9. The summed E-state index contributed by atoms with van der Waals surface area (Å²) in [5.41, 5.74) is 4.35. The highest BCUT2D eigenvalue weighted by molar-refractivity contribution is 7.09. The summed E-state index contributed by atoms with van der Waals surface area (Å²) in [5.74, 6) is 2.15. The first-order valence-corrected chi connectivity index (χ1v) is 12.7. The standard InChI is InChI=1S/C28H29N3O3S/c1-19-30-22(18-35-19)17-34-23-6-3-20(4-7-23)5-10-28(32)31-13-11-21(12-14-31)26-16-29-27-9-8-24(33-2)15-25(26)27/h3-10,15-16,18,21,29H,11-14,17H2,1-2H3/b10-5+. The summed E-state index contributed by atoms with van der Waals surface area (Å²) in [6.07, 6.45) is 7.55. The Morgan fingerprint density at radius 2 is 1.94 bits per heavy atom. The van der Waals surface area contributed by atoms with Gasteiger partial charge in [-0.05, 0) is 73.2 Å². The molecule has 1 fully saturated rings. The van der Waals surface area contributed by atoms with E-state index in [0.717, 1.165) is 59.2 Å². The lowest BCUT2D eigenvalue weighted by molar-refractivity contribution is -0.126. The van der Waals surface area contributed by atoms with Crippen molar-refractivity contribution in [3.05, 3.63) is 81.9 Å². The first kappa shape index (κ1) is 23.2. The van der Waals surface area contributed by atoms with Gasteiger partial charge in [0.2, 0.25) is 5.91 Å². The maximum Gasteiger partial charge on any atom is 0.246 e. The van der Waals surface area contributed by atoms with Crippen LogP contribution in [0.2, 0.25) is 0 Å². The molecule has 1 N–H and O–H groups in total. The van der Waals surface area contributed by atoms with Gasteiger partial charge in [0.05, 0.1) is 17.8 Å². The van der Waals surface area contributed by atoms with Gasteiger partial charge in [0.1, 0.15) is 18.1 Å². The van der Waals surface area contributed by atoms with Crippen molar-refractivity contribution in [3.8, 4) is 11.5 Å². The molecule has 1 amide bonds. The molecule has 7 heteroatoms. The minimum Gasteiger partial charge on any atom is -0.497 e. The van der Waals surface area contributed by atoms with Crippen molar-refractivity contribution in [1.82, 2.24) is 14.9 Å². The minimum atomic E-state index is 0.0586. The number of aromatic amines is 1. The lowest BCUT2D eigenvalue weighted by Crippen LogP contribution is -2.36. The fraction of sp³-hybridized carbons (Fsp3) is 0.286. The second kappa shape index (κ2) is 10.4. The van der Waals surface area contributed by atoms with Gasteiger partial charge in [-0.15, -0.1) is 11.3 Å². The summed E-state index contributed by atoms with van der Waals surface area (Å²) in [5, 5.41) is 4.26. The highest BCUT2D eigenvalue weighted by Gasteiger charge is 2.24. The molecule has 1 aliphatic heterocycles. The number of fused-ring (bicyclic) bond motifs is 1. The number of aryl methyl sites for hydroxylation is 1. The zero-order chi connectivity index (χ0) is 24.2. The van der Waals surface area contributed by atoms with Gasteiger partial charge < -0.3 is 19.4 Å². The first-order chi connectivity index (χ1) is 17.1. The Labute approximate surface area is 209 Å². The maximum atomic E-state index is 12.8. The molecule has 0 unspecified atom stereocenters. The van der Waals surface area contributed by atoms with Crippen LogP contribution in [-0.4, -0.2) is 41.0 Å². The number of hydrogen-bond acceptors (Lipinski definition) is 5. The molecule has 4 aromatic rings. The number of benzene rings is 2. The highest BCUT2D eigenvalue weighted by Crippen LogP contribution is 2.34. The second-order valence-electron chi connectivity index (χ2n) is 8.80. The molecule has 0 bridgehead atoms. The van der Waals surface area contributed by atoms with Crippen LogP contribution in [0.4, 0.5) is 0 Å². The lowest BCUT2D eigenvalue weighted by Gasteiger charge is -2.31. The normalized spacial score (nSPS) is 14.6. The van der Waals surface area contributed by atoms with Gasteiger partial charge in [-0.1, -0.05) is 12.1 Å². The molecule has 0 atom stereocenters. The maximum absolute atomic E-state index is 12.8. The number of thiazole rings is 1. The predicted molar refractivity (Wildman–Crippen MR) is 140 cm³/mol. The van der Waals surface area contributed by atoms with E-state index in [9.17, 15) is 4.79 Å². The van der Waals surface area contributed by atoms with Gasteiger partial charge in [0.15, 0.2) is 0 Å². The molecule has 0 spiro atoms. The smallest absolute Gasteiger partial charge is 0.246 e. The van der Waals surface area contributed by atoms with Gasteiger partial charge in [0, 0.05) is 41.6 Å². The van der Waals surface area contributed by atoms with Crippen LogP contribution >= 0.6 is 11.3 Å². The molecule has 6 nitrogen and oxygen atoms in total. The Bertz CT molecular complexity index is 1330. The van der Waals surface area contributed by atoms with E-state index in [-0.39, 0.29) is 5.91 Å². The van der Waals surface area contributed by atoms with Crippen molar-refractivity contribution in [2.45, 2.75) is 32.3 Å². The predicted octanol–water partition coefficient (Wildman–Crippen LogP) is 5.94. The van der Waals surface area contributed by atoms with Crippen LogP contribution in [0.1, 0.15) is 40.6 Å². The first-order valence-electron chi connectivity index (χ1n) is 11.8. The van der Waals surface area contributed by atoms with Crippen molar-refractivity contribution >= 4 is 34.2 Å². The van der Waals surface area contributed by atoms with Gasteiger partial charge in [-0.25, -0.2) is 4.98 Å². The van der Waals surface area contributed by atoms with Crippen molar-refractivity contribution in [3.63, 3.8) is 0 Å². The average Bonchev–Trinajstić information content (AvgIpc) is 3.52. The number of nitrogens with zero attached hydrogens (tertiary/aromatic N) is 2. The van der Waals surface area contributed by atoms with E-state index in [1.54, 1.807) is 24.5 Å². The third-order valence-corrected chi connectivity index (χ3v) is 7.34. The number of carbonyl (C=O) groups is 1. The minimum absolute atomic E-state index is 0.0586. The van der Waals surface area contributed by atoms with Gasteiger partial charge in [-0.3, -0.25) is 4.79 Å². The number of carbonyl (C=O) groups excluding carboxylic acids is 1. The zero-order valence-corrected chi connectivity index (χ0v) is 20.8. The van der Waals surface area contributed by atoms with Crippen LogP contribution < -0.4 is 9.47 Å². The van der Waals surface area contributed by atoms with E-state index < -0.39 is 0 Å². The number of aromatic nitrogens is 2. The van der Waals surface area contributed by atoms with Crippen LogP contribution in [0.5, 0.6) is 11.5 Å². The SMILES string of the molecule is COc1ccc2[nH]cc(C3CCN(C(=O)/C=C/c4ccc(OCc5csc(C)n5)cc4)CC3)c2c1. The number of H-pyrrole nitrogens is 1. The molecular weight excluding hydrogens is 458 g/mol. The summed E-state index contributed by atoms with van der Waals surface area (Å²) in [7, 11) is 1.69. The number of nitrogens with one attached hydrogen (secondary N) is 1. The third kappa shape index (κ3) is 5.41. The topological polar surface area (TPSA) is 67.5 Å². The number of amides is 1. The van der Waals surface area contributed by atoms with Crippen LogP contribution in [0.15, 0.2) is 60.1 Å². The van der Waals surface area contributed by atoms with Gasteiger partial charge >= 0.3 is 0 Å². The number of rotatable bonds is 7. The summed E-state index contributed by atoms with van der Waals surface area (Å²) < 4.78 is 11.2. The number of methoxy groups -OCH3 is 1. The number of piperidine rings is 1. The Kier molecular flexibility index (Phi) is 6.86. The van der Waals surface area contributed by atoms with Crippen molar-refractivity contribution in [2.75, 3.05) is 20.2 Å². The van der Waals surface area contributed by atoms with E-state index in [1.807, 2.05) is 53.6 Å². The van der Waals surface area contributed by atoms with E-state index in [4.69, 9.17) is 9.47 Å². The summed E-state index contributed by atoms with van der Waals surface area (Å²) >= 11 is 1.62. The molecule has 35 heavy (non-hydrogen) atoms. The van der Waals surface area contributed by atoms with Crippen molar-refractivity contribution in [2.24, 2.45) is 0 Å². The van der Waals surface area contributed by atoms with Crippen LogP contribution in [-0.2, 0) is 11.4 Å². The Hall–Kier alpha value is -3.58. The largest absolute Gasteiger partial charge is 0.497 e. The zero-order valence-electron chi connectivity index (χ0n) is 20.0. The molecule has 3 heterocycles. The molecule has 180 valence electrons. The lowest BCUT2D eigenvalue weighted by atomic mass is 9.89. The fourth-order valence-corrected chi connectivity index (χ4v) is 5.17. The molecule has 2 aromatic carbocycles. The monoisotopic (exact) mass is 487 g/mol. The van der Waals surface area contributed by atoms with Gasteiger partial charge in [0.25, 0.3) is 0 Å². The molecule has 1 saturated heterocycles. The molecule has 2 aromatic heterocycles. The number of likely N-dealkylation sites (tertiary alicyclic amines) is 1. The molecule has 1 aliphatic rings. The molecular formula is C28H29N3O3S. The molecule has 0 radical (unpaired) electrons. The Balaban J connectivity index is 1.14. The van der Waals surface area contributed by atoms with E-state index in [1.165, 1.54) is 10.9 Å². The molecule has 0 saturated carbocycles. The molecule has 5 rings (SSSR count). The quantitative estimate of drug-likeness (QED) is 0.328.